The van der Waals surface area contributed by atoms with Gasteiger partial charge in [-0.15, -0.1) is 0 Å². The second-order valence-electron chi connectivity index (χ2n) is 8.35. The molecule has 2 rings (SSSR count). The van der Waals surface area contributed by atoms with Crippen LogP contribution >= 0.6 is 23.2 Å². The van der Waals surface area contributed by atoms with Crippen molar-refractivity contribution in [3.05, 3.63) is 63.6 Å². The second-order valence-corrected chi connectivity index (χ2v) is 9.17. The van der Waals surface area contributed by atoms with E-state index in [0.29, 0.717) is 34.7 Å². The molecule has 0 saturated heterocycles. The van der Waals surface area contributed by atoms with E-state index in [1.54, 1.807) is 17.0 Å². The summed E-state index contributed by atoms with van der Waals surface area (Å²) in [6.07, 6.45) is 2.35. The largest absolute Gasteiger partial charge is 0.484 e. The molecule has 2 aromatic rings. The van der Waals surface area contributed by atoms with Crippen molar-refractivity contribution in [3.8, 4) is 5.75 Å². The fourth-order valence-electron chi connectivity index (χ4n) is 3.44. The molecular formula is C26H34Cl2N2O3. The van der Waals surface area contributed by atoms with Gasteiger partial charge in [-0.25, -0.2) is 0 Å². The Bertz CT molecular complexity index is 916. The maximum Gasteiger partial charge on any atom is 0.261 e. The van der Waals surface area contributed by atoms with Crippen LogP contribution in [-0.4, -0.2) is 35.9 Å². The number of hydrogen-bond donors (Lipinski definition) is 1. The number of rotatable bonds is 12. The maximum atomic E-state index is 13.2. The topological polar surface area (TPSA) is 58.6 Å². The van der Waals surface area contributed by atoms with E-state index >= 15 is 0 Å². The highest BCUT2D eigenvalue weighted by molar-refractivity contribution is 6.42. The Morgan fingerprint density at radius 2 is 1.73 bits per heavy atom. The Morgan fingerprint density at radius 3 is 2.30 bits per heavy atom. The van der Waals surface area contributed by atoms with E-state index in [1.807, 2.05) is 37.3 Å². The Kier molecular flexibility index (Phi) is 11.0. The fourth-order valence-corrected chi connectivity index (χ4v) is 3.76. The lowest BCUT2D eigenvalue weighted by Gasteiger charge is -2.30. The zero-order valence-electron chi connectivity index (χ0n) is 19.9. The molecule has 0 aliphatic rings. The van der Waals surface area contributed by atoms with Gasteiger partial charge in [-0.3, -0.25) is 9.59 Å². The number of halogens is 2. The summed E-state index contributed by atoms with van der Waals surface area (Å²) in [5.74, 6) is 0.591. The number of unbranched alkanes of at least 4 members (excludes halogenated alkanes) is 1. The number of carbonyl (C=O) groups is 2. The van der Waals surface area contributed by atoms with Crippen LogP contribution in [0.3, 0.4) is 0 Å². The van der Waals surface area contributed by atoms with E-state index in [9.17, 15) is 9.59 Å². The van der Waals surface area contributed by atoms with Crippen molar-refractivity contribution in [1.29, 1.82) is 0 Å². The molecular weight excluding hydrogens is 459 g/mol. The van der Waals surface area contributed by atoms with Gasteiger partial charge < -0.3 is 15.0 Å². The van der Waals surface area contributed by atoms with E-state index in [1.165, 1.54) is 5.56 Å². The minimum Gasteiger partial charge on any atom is -0.484 e. The van der Waals surface area contributed by atoms with Gasteiger partial charge in [0.1, 0.15) is 11.8 Å². The predicted molar refractivity (Wildman–Crippen MR) is 135 cm³/mol. The number of amides is 2. The monoisotopic (exact) mass is 492 g/mol. The summed E-state index contributed by atoms with van der Waals surface area (Å²) in [6.45, 7) is 8.85. The van der Waals surface area contributed by atoms with Gasteiger partial charge in [-0.1, -0.05) is 75.5 Å². The number of nitrogens with zero attached hydrogens (tertiary/aromatic N) is 1. The van der Waals surface area contributed by atoms with E-state index in [0.717, 1.165) is 18.4 Å². The highest BCUT2D eigenvalue weighted by atomic mass is 35.5. The molecule has 2 aromatic carbocycles. The molecule has 5 nitrogen and oxygen atoms in total. The summed E-state index contributed by atoms with van der Waals surface area (Å²) in [5.41, 5.74) is 1.99. The first-order valence-corrected chi connectivity index (χ1v) is 12.3. The van der Waals surface area contributed by atoms with Crippen LogP contribution in [0.1, 0.15) is 64.0 Å². The number of benzene rings is 2. The van der Waals surface area contributed by atoms with Crippen molar-refractivity contribution < 1.29 is 14.3 Å². The summed E-state index contributed by atoms with van der Waals surface area (Å²) < 4.78 is 5.77. The standard InChI is InChI=1S/C26H34Cl2N2O3/c1-5-7-14-29-26(32)24(6-2)30(16-19-8-13-22(27)23(28)15-19)25(31)17-33-21-11-9-20(10-12-21)18(3)4/h8-13,15,18,24H,5-7,14,16-17H2,1-4H3,(H,29,32)/t24-/m1/s1. The summed E-state index contributed by atoms with van der Waals surface area (Å²) in [7, 11) is 0. The Labute approximate surface area is 207 Å². The molecule has 180 valence electrons. The molecule has 0 heterocycles. The normalized spacial score (nSPS) is 11.8. The van der Waals surface area contributed by atoms with E-state index < -0.39 is 6.04 Å². The Morgan fingerprint density at radius 1 is 1.03 bits per heavy atom. The quantitative estimate of drug-likeness (QED) is 0.357. The van der Waals surface area contributed by atoms with Crippen LogP contribution in [-0.2, 0) is 16.1 Å². The highest BCUT2D eigenvalue weighted by Crippen LogP contribution is 2.24. The smallest absolute Gasteiger partial charge is 0.261 e. The van der Waals surface area contributed by atoms with Crippen molar-refractivity contribution in [2.45, 2.75) is 65.5 Å². The average molecular weight is 493 g/mol. The molecule has 1 N–H and O–H groups in total. The summed E-state index contributed by atoms with van der Waals surface area (Å²) >= 11 is 12.2. The summed E-state index contributed by atoms with van der Waals surface area (Å²) in [6, 6.07) is 12.3. The Hall–Kier alpha value is -2.24. The number of nitrogens with one attached hydrogen (secondary N) is 1. The summed E-state index contributed by atoms with van der Waals surface area (Å²) in [4.78, 5) is 27.7. The zero-order valence-corrected chi connectivity index (χ0v) is 21.4. The van der Waals surface area contributed by atoms with Crippen molar-refractivity contribution in [1.82, 2.24) is 10.2 Å². The molecule has 0 spiro atoms. The molecule has 1 atom stereocenters. The predicted octanol–water partition coefficient (Wildman–Crippen LogP) is 6.22. The SMILES string of the molecule is CCCCNC(=O)[C@@H](CC)N(Cc1ccc(Cl)c(Cl)c1)C(=O)COc1ccc(C(C)C)cc1. The summed E-state index contributed by atoms with van der Waals surface area (Å²) in [5, 5.41) is 3.79. The van der Waals surface area contributed by atoms with E-state index in [-0.39, 0.29) is 25.0 Å². The first-order chi connectivity index (χ1) is 15.8. The lowest BCUT2D eigenvalue weighted by atomic mass is 10.0. The van der Waals surface area contributed by atoms with Crippen LogP contribution in [0.2, 0.25) is 10.0 Å². The van der Waals surface area contributed by atoms with Gasteiger partial charge in [-0.05, 0) is 54.2 Å². The first-order valence-electron chi connectivity index (χ1n) is 11.5. The van der Waals surface area contributed by atoms with Crippen LogP contribution in [0, 0.1) is 0 Å². The maximum absolute atomic E-state index is 13.2. The van der Waals surface area contributed by atoms with Crippen LogP contribution < -0.4 is 10.1 Å². The highest BCUT2D eigenvalue weighted by Gasteiger charge is 2.29. The molecule has 0 aliphatic heterocycles. The molecule has 0 saturated carbocycles. The molecule has 0 bridgehead atoms. The molecule has 33 heavy (non-hydrogen) atoms. The van der Waals surface area contributed by atoms with Crippen molar-refractivity contribution in [2.75, 3.05) is 13.2 Å². The van der Waals surface area contributed by atoms with Gasteiger partial charge in [-0.2, -0.15) is 0 Å². The third-order valence-electron chi connectivity index (χ3n) is 5.46. The van der Waals surface area contributed by atoms with E-state index in [2.05, 4.69) is 26.1 Å². The van der Waals surface area contributed by atoms with Crippen LogP contribution in [0.5, 0.6) is 5.75 Å². The van der Waals surface area contributed by atoms with E-state index in [4.69, 9.17) is 27.9 Å². The van der Waals surface area contributed by atoms with Crippen LogP contribution in [0.15, 0.2) is 42.5 Å². The molecule has 2 amide bonds. The number of carbonyl (C=O) groups excluding carboxylic acids is 2. The second kappa shape index (κ2) is 13.5. The van der Waals surface area contributed by atoms with Crippen molar-refractivity contribution in [3.63, 3.8) is 0 Å². The number of ether oxygens (including phenoxy) is 1. The van der Waals surface area contributed by atoms with Gasteiger partial charge in [0.2, 0.25) is 5.91 Å². The molecule has 7 heteroatoms. The van der Waals surface area contributed by atoms with Gasteiger partial charge >= 0.3 is 0 Å². The van der Waals surface area contributed by atoms with Gasteiger partial charge in [0, 0.05) is 13.1 Å². The lowest BCUT2D eigenvalue weighted by molar-refractivity contribution is -0.143. The molecule has 0 unspecified atom stereocenters. The van der Waals surface area contributed by atoms with Crippen molar-refractivity contribution >= 4 is 35.0 Å². The van der Waals surface area contributed by atoms with Gasteiger partial charge in [0.05, 0.1) is 10.0 Å². The van der Waals surface area contributed by atoms with Gasteiger partial charge in [0.15, 0.2) is 6.61 Å². The molecule has 0 aliphatic carbocycles. The Balaban J connectivity index is 2.18. The number of hydrogen-bond acceptors (Lipinski definition) is 3. The minimum atomic E-state index is -0.615. The first kappa shape index (κ1) is 27.0. The third kappa shape index (κ3) is 8.24. The third-order valence-corrected chi connectivity index (χ3v) is 6.20. The minimum absolute atomic E-state index is 0.166. The molecule has 0 fully saturated rings. The van der Waals surface area contributed by atoms with Crippen LogP contribution in [0.25, 0.3) is 0 Å². The average Bonchev–Trinajstić information content (AvgIpc) is 2.80. The van der Waals surface area contributed by atoms with Gasteiger partial charge in [0.25, 0.3) is 5.91 Å². The zero-order chi connectivity index (χ0) is 24.4. The molecule has 0 aromatic heterocycles. The van der Waals surface area contributed by atoms with Crippen molar-refractivity contribution in [2.24, 2.45) is 0 Å². The fraction of sp³-hybridized carbons (Fsp3) is 0.462. The molecule has 0 radical (unpaired) electrons. The van der Waals surface area contributed by atoms with Crippen LogP contribution in [0.4, 0.5) is 0 Å². The lowest BCUT2D eigenvalue weighted by Crippen LogP contribution is -2.50.